The van der Waals surface area contributed by atoms with E-state index in [1.165, 1.54) is 0 Å². The number of piperidine rings is 2. The second-order valence-corrected chi connectivity index (χ2v) is 7.76. The van der Waals surface area contributed by atoms with Crippen LogP contribution < -0.4 is 5.32 Å². The highest BCUT2D eigenvalue weighted by atomic mass is 32.1. The second kappa shape index (κ2) is 9.66. The number of aliphatic carboxylic acids is 1. The normalized spacial score (nSPS) is 22.2. The smallest absolute Gasteiger partial charge is 0.317 e. The number of fused-ring (bicyclic) bond motifs is 1. The van der Waals surface area contributed by atoms with Crippen molar-refractivity contribution in [2.24, 2.45) is 0 Å². The summed E-state index contributed by atoms with van der Waals surface area (Å²) in [5.41, 5.74) is 2.70. The molecule has 0 aliphatic carbocycles. The van der Waals surface area contributed by atoms with Crippen LogP contribution in [0.4, 0.5) is 0 Å². The number of hydrogen-bond donors (Lipinski definition) is 3. The molecule has 0 saturated carbocycles. The van der Waals surface area contributed by atoms with Gasteiger partial charge in [0.25, 0.3) is 5.91 Å². The van der Waals surface area contributed by atoms with Crippen molar-refractivity contribution < 1.29 is 24.3 Å². The van der Waals surface area contributed by atoms with E-state index in [4.69, 9.17) is 5.11 Å². The lowest BCUT2D eigenvalue weighted by Crippen LogP contribution is -2.52. The van der Waals surface area contributed by atoms with E-state index in [1.807, 2.05) is 17.0 Å². The summed E-state index contributed by atoms with van der Waals surface area (Å²) in [7, 11) is 4.19. The fraction of sp³-hybridized carbons (Fsp3) is 0.500. The van der Waals surface area contributed by atoms with Crippen molar-refractivity contribution in [1.29, 1.82) is 0 Å². The molecule has 2 N–H and O–H groups in total. The van der Waals surface area contributed by atoms with E-state index in [1.54, 1.807) is 4.90 Å². The summed E-state index contributed by atoms with van der Waals surface area (Å²) in [5.74, 6) is -1.31. The Hall–Kier alpha value is -2.33. The van der Waals surface area contributed by atoms with Crippen LogP contribution in [0, 0.1) is 0 Å². The number of carboxylic acid groups (broad SMARTS) is 1. The molecule has 30 heavy (non-hydrogen) atoms. The third-order valence-corrected chi connectivity index (χ3v) is 5.97. The Kier molecular flexibility index (Phi) is 7.20. The summed E-state index contributed by atoms with van der Waals surface area (Å²) < 4.78 is 0. The van der Waals surface area contributed by atoms with Crippen LogP contribution in [0.1, 0.15) is 53.1 Å². The second-order valence-electron chi connectivity index (χ2n) is 7.76. The van der Waals surface area contributed by atoms with Gasteiger partial charge in [-0.25, -0.2) is 12.5 Å². The SMILES string of the molecule is O=C(O)CN1CCC(c2ccc3c(c2)CN(C2CCC(=O)NC2=O)C3=O)CC1.[B]S. The summed E-state index contributed by atoms with van der Waals surface area (Å²) in [5, 5.41) is 11.2. The average molecular weight is 429 g/mol. The first kappa shape index (κ1) is 22.4. The van der Waals surface area contributed by atoms with Crippen LogP contribution in [0.5, 0.6) is 0 Å². The van der Waals surface area contributed by atoms with Crippen LogP contribution in [-0.2, 0) is 20.9 Å². The summed E-state index contributed by atoms with van der Waals surface area (Å²) >= 11 is 3.03. The standard InChI is InChI=1S/C20H23N3O5.BHS/c24-17-4-3-16(19(27)21-17)23-10-14-9-13(1-2-15(14)20(23)28)12-5-7-22(8-6-12)11-18(25)26;1-2/h1-2,9,12,16H,3-8,10-11H2,(H,25,26)(H,21,24,27);2H. The lowest BCUT2D eigenvalue weighted by molar-refractivity contribution is -0.139. The Morgan fingerprint density at radius 3 is 2.50 bits per heavy atom. The van der Waals surface area contributed by atoms with Crippen LogP contribution >= 0.6 is 12.5 Å². The first-order chi connectivity index (χ1) is 14.4. The molecular weight excluding hydrogens is 405 g/mol. The molecule has 1 aromatic carbocycles. The maximum Gasteiger partial charge on any atom is 0.317 e. The number of hydrogen-bond acceptors (Lipinski definition) is 6. The van der Waals surface area contributed by atoms with Crippen molar-refractivity contribution in [3.63, 3.8) is 0 Å². The number of carbonyl (C=O) groups is 4. The molecule has 2 saturated heterocycles. The molecule has 1 aromatic rings. The third-order valence-electron chi connectivity index (χ3n) is 5.97. The Labute approximate surface area is 181 Å². The lowest BCUT2D eigenvalue weighted by Gasteiger charge is -2.31. The number of carboxylic acids is 1. The molecule has 2 fully saturated rings. The molecular formula is C20H24BN3O5S. The molecule has 10 heteroatoms. The minimum Gasteiger partial charge on any atom is -0.480 e. The van der Waals surface area contributed by atoms with Crippen LogP contribution in [0.3, 0.4) is 0 Å². The molecule has 3 heterocycles. The number of imide groups is 1. The summed E-state index contributed by atoms with van der Waals surface area (Å²) in [6.45, 7) is 1.95. The molecule has 2 radical (unpaired) electrons. The number of nitrogens with zero attached hydrogens (tertiary/aromatic N) is 2. The third kappa shape index (κ3) is 4.70. The van der Waals surface area contributed by atoms with Crippen molar-refractivity contribution in [2.45, 2.75) is 44.2 Å². The fourth-order valence-corrected chi connectivity index (χ4v) is 4.46. The molecule has 3 aliphatic heterocycles. The lowest BCUT2D eigenvalue weighted by atomic mass is 9.88. The van der Waals surface area contributed by atoms with Gasteiger partial charge in [0, 0.05) is 18.5 Å². The summed E-state index contributed by atoms with van der Waals surface area (Å²) in [6, 6.07) is 5.27. The number of thiol groups is 1. The number of likely N-dealkylation sites (tertiary alicyclic amines) is 1. The van der Waals surface area contributed by atoms with Crippen molar-refractivity contribution in [1.82, 2.24) is 15.1 Å². The van der Waals surface area contributed by atoms with E-state index in [0.717, 1.165) is 37.1 Å². The zero-order valence-electron chi connectivity index (χ0n) is 16.5. The quantitative estimate of drug-likeness (QED) is 0.370. The number of nitrogens with one attached hydrogen (secondary N) is 1. The minimum absolute atomic E-state index is 0.0757. The van der Waals surface area contributed by atoms with E-state index in [2.05, 4.69) is 31.0 Å². The highest BCUT2D eigenvalue weighted by molar-refractivity contribution is 8.03. The zero-order chi connectivity index (χ0) is 21.8. The van der Waals surface area contributed by atoms with E-state index >= 15 is 0 Å². The van der Waals surface area contributed by atoms with Crippen LogP contribution in [0.15, 0.2) is 18.2 Å². The van der Waals surface area contributed by atoms with Gasteiger partial charge in [0.2, 0.25) is 11.8 Å². The van der Waals surface area contributed by atoms with Crippen molar-refractivity contribution >= 4 is 43.3 Å². The Balaban J connectivity index is 0.00000124. The van der Waals surface area contributed by atoms with Gasteiger partial charge in [0.15, 0.2) is 7.12 Å². The van der Waals surface area contributed by atoms with Gasteiger partial charge in [-0.15, -0.1) is 0 Å². The molecule has 158 valence electrons. The number of amides is 3. The predicted molar refractivity (Wildman–Crippen MR) is 113 cm³/mol. The average Bonchev–Trinajstić information content (AvgIpc) is 3.05. The maximum atomic E-state index is 12.8. The van der Waals surface area contributed by atoms with Crippen LogP contribution in [-0.4, -0.2) is 71.4 Å². The first-order valence-corrected chi connectivity index (χ1v) is 10.4. The highest BCUT2D eigenvalue weighted by Crippen LogP contribution is 2.33. The monoisotopic (exact) mass is 429 g/mol. The van der Waals surface area contributed by atoms with Gasteiger partial charge in [-0.1, -0.05) is 12.1 Å². The van der Waals surface area contributed by atoms with Crippen LogP contribution in [0.2, 0.25) is 0 Å². The van der Waals surface area contributed by atoms with Crippen molar-refractivity contribution in [3.05, 3.63) is 34.9 Å². The Morgan fingerprint density at radius 2 is 1.87 bits per heavy atom. The molecule has 3 aliphatic rings. The number of carbonyl (C=O) groups excluding carboxylic acids is 3. The number of rotatable bonds is 4. The van der Waals surface area contributed by atoms with Gasteiger partial charge in [-0.05, 0) is 55.5 Å². The van der Waals surface area contributed by atoms with E-state index < -0.39 is 17.9 Å². The fourth-order valence-electron chi connectivity index (χ4n) is 4.46. The van der Waals surface area contributed by atoms with Gasteiger partial charge in [0.05, 0.1) is 6.54 Å². The van der Waals surface area contributed by atoms with Crippen molar-refractivity contribution in [2.75, 3.05) is 19.6 Å². The molecule has 8 nitrogen and oxygen atoms in total. The number of benzene rings is 1. The van der Waals surface area contributed by atoms with Gasteiger partial charge in [0.1, 0.15) is 6.04 Å². The van der Waals surface area contributed by atoms with E-state index in [-0.39, 0.29) is 24.8 Å². The molecule has 0 bridgehead atoms. The molecule has 1 atom stereocenters. The highest BCUT2D eigenvalue weighted by Gasteiger charge is 2.39. The topological polar surface area (TPSA) is 107 Å². The molecule has 1 unspecified atom stereocenters. The first-order valence-electron chi connectivity index (χ1n) is 9.90. The van der Waals surface area contributed by atoms with Crippen LogP contribution in [0.25, 0.3) is 0 Å². The summed E-state index contributed by atoms with van der Waals surface area (Å²) in [6.07, 6.45) is 2.38. The zero-order valence-corrected chi connectivity index (χ0v) is 17.4. The molecule has 0 spiro atoms. The van der Waals surface area contributed by atoms with Gasteiger partial charge in [-0.3, -0.25) is 29.4 Å². The molecule has 4 rings (SSSR count). The van der Waals surface area contributed by atoms with E-state index in [9.17, 15) is 19.2 Å². The maximum absolute atomic E-state index is 12.8. The van der Waals surface area contributed by atoms with Gasteiger partial charge >= 0.3 is 5.97 Å². The van der Waals surface area contributed by atoms with Crippen molar-refractivity contribution in [3.8, 4) is 0 Å². The van der Waals surface area contributed by atoms with E-state index in [0.29, 0.717) is 24.4 Å². The predicted octanol–water partition coefficient (Wildman–Crippen LogP) is 0.711. The Bertz CT molecular complexity index is 857. The Morgan fingerprint density at radius 1 is 1.17 bits per heavy atom. The molecule has 3 amide bonds. The largest absolute Gasteiger partial charge is 0.480 e. The molecule has 0 aromatic heterocycles. The minimum atomic E-state index is -0.803. The van der Waals surface area contributed by atoms with Gasteiger partial charge < -0.3 is 10.0 Å². The summed E-state index contributed by atoms with van der Waals surface area (Å²) in [4.78, 5) is 50.6. The van der Waals surface area contributed by atoms with Gasteiger partial charge in [-0.2, -0.15) is 0 Å².